The molecule has 2 aliphatic carbocycles. The molecule has 2 aromatic heterocycles. The van der Waals surface area contributed by atoms with E-state index >= 15 is 0 Å². The summed E-state index contributed by atoms with van der Waals surface area (Å²) in [6, 6.07) is 13.9. The highest BCUT2D eigenvalue weighted by molar-refractivity contribution is 8.24. The summed E-state index contributed by atoms with van der Waals surface area (Å²) in [6.07, 6.45) is 6.13. The van der Waals surface area contributed by atoms with Crippen LogP contribution in [-0.2, 0) is 6.42 Å². The van der Waals surface area contributed by atoms with Crippen LogP contribution >= 0.6 is 10.6 Å². The van der Waals surface area contributed by atoms with Crippen molar-refractivity contribution >= 4 is 22.4 Å². The monoisotopic (exact) mass is 551 g/mol. The van der Waals surface area contributed by atoms with Crippen LogP contribution < -0.4 is 0 Å². The topological polar surface area (TPSA) is 88.2 Å². The van der Waals surface area contributed by atoms with Crippen LogP contribution in [0.2, 0.25) is 0 Å². The number of ketones is 1. The number of pyridine rings is 1. The number of carbonyl (C=O) groups is 1. The average molecular weight is 552 g/mol. The van der Waals surface area contributed by atoms with Crippen LogP contribution in [0, 0.1) is 22.9 Å². The van der Waals surface area contributed by atoms with E-state index in [1.54, 1.807) is 41.2 Å². The standard InChI is InChI=1S/C29H24F3N3O3S/c30-20-5-7-21(8-6-20)35-27-13-19-4-9-23(39(37,38)22-10-11-24(31)25(32)14-22)16-29(19,15-18(27)17-34-35)28(36)26-3-1-2-12-33-26/h1-3,5-8,10-14,17,23,37-38H,4,9,15-16H2/t23-,29-/m0/s1. The van der Waals surface area contributed by atoms with Crippen LogP contribution in [0.15, 0.2) is 83.5 Å². The van der Waals surface area contributed by atoms with Gasteiger partial charge in [0.05, 0.1) is 33.1 Å². The number of benzene rings is 2. The lowest BCUT2D eigenvalue weighted by atomic mass is 9.61. The highest BCUT2D eigenvalue weighted by Crippen LogP contribution is 2.62. The molecule has 0 amide bonds. The maximum absolute atomic E-state index is 14.2. The van der Waals surface area contributed by atoms with Crippen LogP contribution in [0.3, 0.4) is 0 Å². The third kappa shape index (κ3) is 4.28. The van der Waals surface area contributed by atoms with Gasteiger partial charge >= 0.3 is 0 Å². The number of rotatable bonds is 5. The fourth-order valence-corrected chi connectivity index (χ4v) is 7.62. The Morgan fingerprint density at radius 2 is 1.82 bits per heavy atom. The Morgan fingerprint density at radius 1 is 1.03 bits per heavy atom. The number of carbonyl (C=O) groups excluding carboxylic acids is 1. The highest BCUT2D eigenvalue weighted by atomic mass is 32.3. The summed E-state index contributed by atoms with van der Waals surface area (Å²) >= 11 is 0. The molecular formula is C29H24F3N3O3S. The van der Waals surface area contributed by atoms with Gasteiger partial charge in [0.15, 0.2) is 17.4 Å². The smallest absolute Gasteiger partial charge is 0.191 e. The van der Waals surface area contributed by atoms with Crippen molar-refractivity contribution in [2.24, 2.45) is 5.41 Å². The lowest BCUT2D eigenvalue weighted by Crippen LogP contribution is -2.45. The first-order valence-electron chi connectivity index (χ1n) is 12.4. The molecule has 6 nitrogen and oxygen atoms in total. The van der Waals surface area contributed by atoms with Gasteiger partial charge in [0, 0.05) is 6.20 Å². The van der Waals surface area contributed by atoms with Gasteiger partial charge in [-0.1, -0.05) is 11.6 Å². The molecule has 4 aromatic rings. The summed E-state index contributed by atoms with van der Waals surface area (Å²) in [4.78, 5) is 18.3. The molecule has 39 heavy (non-hydrogen) atoms. The molecule has 2 aliphatic rings. The lowest BCUT2D eigenvalue weighted by Gasteiger charge is -2.50. The van der Waals surface area contributed by atoms with Crippen molar-refractivity contribution in [1.82, 2.24) is 14.8 Å². The Labute approximate surface area is 224 Å². The van der Waals surface area contributed by atoms with Gasteiger partial charge in [-0.3, -0.25) is 18.9 Å². The second kappa shape index (κ2) is 9.48. The second-order valence-electron chi connectivity index (χ2n) is 9.95. The molecule has 0 radical (unpaired) electrons. The third-order valence-corrected chi connectivity index (χ3v) is 10.0. The molecule has 2 aromatic carbocycles. The number of nitrogens with zero attached hydrogens (tertiary/aromatic N) is 3. The maximum Gasteiger partial charge on any atom is 0.191 e. The number of hydrogen-bond donors (Lipinski definition) is 2. The minimum absolute atomic E-state index is 0.0801. The van der Waals surface area contributed by atoms with E-state index in [4.69, 9.17) is 0 Å². The summed E-state index contributed by atoms with van der Waals surface area (Å²) in [5, 5.41) is 3.73. The van der Waals surface area contributed by atoms with E-state index in [0.717, 1.165) is 29.0 Å². The minimum Gasteiger partial charge on any atom is -0.295 e. The molecule has 2 atom stereocenters. The van der Waals surface area contributed by atoms with E-state index in [1.807, 2.05) is 6.08 Å². The lowest BCUT2D eigenvalue weighted by molar-refractivity contribution is 0.0795. The number of aromatic nitrogens is 3. The fraction of sp³-hybridized carbons (Fsp3) is 0.207. The van der Waals surface area contributed by atoms with E-state index in [2.05, 4.69) is 10.1 Å². The molecule has 0 unspecified atom stereocenters. The van der Waals surface area contributed by atoms with Crippen molar-refractivity contribution in [3.63, 3.8) is 0 Å². The van der Waals surface area contributed by atoms with Gasteiger partial charge in [-0.25, -0.2) is 17.9 Å². The first-order valence-corrected chi connectivity index (χ1v) is 14.0. The molecule has 200 valence electrons. The van der Waals surface area contributed by atoms with Gasteiger partial charge in [0.25, 0.3) is 0 Å². The Balaban J connectivity index is 1.44. The van der Waals surface area contributed by atoms with Crippen LogP contribution in [0.25, 0.3) is 11.8 Å². The van der Waals surface area contributed by atoms with Gasteiger partial charge in [-0.05, 0) is 91.9 Å². The molecular weight excluding hydrogens is 527 g/mol. The van der Waals surface area contributed by atoms with Gasteiger partial charge < -0.3 is 0 Å². The van der Waals surface area contributed by atoms with Crippen LogP contribution in [0.1, 0.15) is 41.0 Å². The zero-order valence-corrected chi connectivity index (χ0v) is 21.4. The molecule has 2 heterocycles. The number of Topliss-reactive ketones (excluding diaryl/α,β-unsaturated/α-hetero) is 1. The molecule has 10 heteroatoms. The van der Waals surface area contributed by atoms with E-state index in [0.29, 0.717) is 18.5 Å². The number of allylic oxidation sites excluding steroid dienone is 1. The second-order valence-corrected chi connectivity index (χ2v) is 12.3. The van der Waals surface area contributed by atoms with Crippen molar-refractivity contribution < 1.29 is 27.1 Å². The summed E-state index contributed by atoms with van der Waals surface area (Å²) in [5.41, 5.74) is 2.14. The first-order chi connectivity index (χ1) is 18.7. The van der Waals surface area contributed by atoms with Crippen molar-refractivity contribution in [3.05, 3.63) is 113 Å². The van der Waals surface area contributed by atoms with Crippen LogP contribution in [0.5, 0.6) is 0 Å². The Bertz CT molecular complexity index is 1610. The average Bonchev–Trinajstić information content (AvgIpc) is 3.35. The molecule has 0 spiro atoms. The van der Waals surface area contributed by atoms with Gasteiger partial charge in [-0.15, -0.1) is 0 Å². The predicted molar refractivity (Wildman–Crippen MR) is 141 cm³/mol. The molecule has 6 rings (SSSR count). The molecule has 1 saturated carbocycles. The Kier molecular flexibility index (Phi) is 6.21. The van der Waals surface area contributed by atoms with Gasteiger partial charge in [-0.2, -0.15) is 15.7 Å². The zero-order valence-electron chi connectivity index (χ0n) is 20.6. The van der Waals surface area contributed by atoms with E-state index in [1.165, 1.54) is 24.4 Å². The fourth-order valence-electron chi connectivity index (χ4n) is 5.73. The maximum atomic E-state index is 14.2. The molecule has 1 fully saturated rings. The van der Waals surface area contributed by atoms with Crippen molar-refractivity contribution in [3.8, 4) is 5.69 Å². The quantitative estimate of drug-likeness (QED) is 0.265. The number of halogens is 3. The molecule has 0 bridgehead atoms. The summed E-state index contributed by atoms with van der Waals surface area (Å²) in [6.45, 7) is 0. The predicted octanol–water partition coefficient (Wildman–Crippen LogP) is 6.86. The van der Waals surface area contributed by atoms with E-state index in [-0.39, 0.29) is 35.0 Å². The number of fused-ring (bicyclic) bond motifs is 2. The Morgan fingerprint density at radius 3 is 2.54 bits per heavy atom. The van der Waals surface area contributed by atoms with E-state index in [9.17, 15) is 27.1 Å². The van der Waals surface area contributed by atoms with Gasteiger partial charge in [0.1, 0.15) is 11.5 Å². The minimum atomic E-state index is -3.59. The van der Waals surface area contributed by atoms with Crippen LogP contribution in [0.4, 0.5) is 13.2 Å². The van der Waals surface area contributed by atoms with Crippen molar-refractivity contribution in [2.45, 2.75) is 35.8 Å². The summed E-state index contributed by atoms with van der Waals surface area (Å²) in [7, 11) is -3.59. The SMILES string of the molecule is O=C(c1ccccn1)[C@]12Cc3cnn(-c4ccc(F)cc4)c3C=C1CC[C@H](S(O)(O)c1ccc(F)c(F)c1)C2. The normalized spacial score (nSPS) is 21.1. The van der Waals surface area contributed by atoms with E-state index < -0.39 is 32.9 Å². The highest BCUT2D eigenvalue weighted by Gasteiger charge is 2.52. The molecule has 2 N–H and O–H groups in total. The van der Waals surface area contributed by atoms with Gasteiger partial charge in [0.2, 0.25) is 0 Å². The van der Waals surface area contributed by atoms with Crippen molar-refractivity contribution in [1.29, 1.82) is 0 Å². The molecule has 0 aliphatic heterocycles. The van der Waals surface area contributed by atoms with Crippen molar-refractivity contribution in [2.75, 3.05) is 0 Å². The summed E-state index contributed by atoms with van der Waals surface area (Å²) < 4.78 is 65.4. The summed E-state index contributed by atoms with van der Waals surface area (Å²) in [5.74, 6) is -2.86. The zero-order chi connectivity index (χ0) is 27.4. The van der Waals surface area contributed by atoms with Crippen LogP contribution in [-0.4, -0.2) is 34.9 Å². The first kappa shape index (κ1) is 25.5. The third-order valence-electron chi connectivity index (χ3n) is 7.72. The number of hydrogen-bond acceptors (Lipinski definition) is 5. The molecule has 0 saturated heterocycles. The largest absolute Gasteiger partial charge is 0.295 e. The Hall–Kier alpha value is -3.73.